The quantitative estimate of drug-likeness (QED) is 0.276. The van der Waals surface area contributed by atoms with Gasteiger partial charge in [-0.3, -0.25) is 9.80 Å². The zero-order valence-corrected chi connectivity index (χ0v) is 27.7. The van der Waals surface area contributed by atoms with Crippen LogP contribution in [0.1, 0.15) is 40.0 Å². The fourth-order valence-electron chi connectivity index (χ4n) is 4.80. The highest BCUT2D eigenvalue weighted by Gasteiger charge is 2.37. The molecule has 3 heterocycles. The zero-order valence-electron chi connectivity index (χ0n) is 23.9. The number of anilines is 3. The third-order valence-corrected chi connectivity index (χ3v) is 8.95. The Morgan fingerprint density at radius 1 is 1.02 bits per heavy atom. The molecule has 0 saturated carbocycles. The van der Waals surface area contributed by atoms with Gasteiger partial charge < -0.3 is 20.1 Å². The highest BCUT2D eigenvalue weighted by atomic mass is 35.5. The molecule has 2 fully saturated rings. The second-order valence-corrected chi connectivity index (χ2v) is 13.6. The van der Waals surface area contributed by atoms with E-state index >= 15 is 0 Å². The average molecular weight is 689 g/mol. The standard InChI is InChI=1S/C18H21Cl2N3O2S.C11H12Cl2N2O2/c1-18(2,3)25-17(24)22-9-4-5-15(22)23(16-21-8-10-26-16)12-6-7-13(19)14(20)11-12;12-9-2-1-7(5-10(9)13)14-8-3-4-15(6-8)11(16)17/h6-8,10-11,15H,4-5,9H2,1-3H3;1-2,5,8,14H,3-4,6H2,(H,16,17)/t15-;8-/m00/s1. The second-order valence-electron chi connectivity index (χ2n) is 11.1. The number of benzene rings is 2. The molecule has 1 aromatic heterocycles. The maximum Gasteiger partial charge on any atom is 0.411 e. The van der Waals surface area contributed by atoms with Crippen molar-refractivity contribution in [3.8, 4) is 0 Å². The maximum atomic E-state index is 12.7. The molecular formula is C29H33Cl4N5O4S. The SMILES string of the molecule is CC(C)(C)OC(=O)N1CCC[C@@H]1N(c1ccc(Cl)c(Cl)c1)c1nccs1.O=C(O)N1CC[C@H](Nc2ccc(Cl)c(Cl)c2)C1. The third kappa shape index (κ3) is 8.95. The van der Waals surface area contributed by atoms with Crippen molar-refractivity contribution in [2.24, 2.45) is 0 Å². The lowest BCUT2D eigenvalue weighted by Gasteiger charge is -2.36. The Kier molecular flexibility index (Phi) is 11.2. The van der Waals surface area contributed by atoms with Gasteiger partial charge >= 0.3 is 12.2 Å². The molecule has 0 radical (unpaired) electrons. The van der Waals surface area contributed by atoms with Crippen molar-refractivity contribution in [1.82, 2.24) is 14.8 Å². The number of carbonyl (C=O) groups is 2. The minimum atomic E-state index is -0.872. The molecule has 9 nitrogen and oxygen atoms in total. The van der Waals surface area contributed by atoms with Crippen molar-refractivity contribution < 1.29 is 19.4 Å². The number of carbonyl (C=O) groups excluding carboxylic acids is 1. The summed E-state index contributed by atoms with van der Waals surface area (Å²) in [5.74, 6) is 0. The van der Waals surface area contributed by atoms with Gasteiger partial charge in [0.1, 0.15) is 11.8 Å². The normalized spacial score (nSPS) is 18.2. The Hall–Kier alpha value is -2.63. The van der Waals surface area contributed by atoms with Crippen LogP contribution in [0.4, 0.5) is 26.1 Å². The molecule has 2 aliphatic rings. The first-order valence-corrected chi connectivity index (χ1v) is 16.0. The molecule has 2 saturated heterocycles. The molecule has 0 bridgehead atoms. The summed E-state index contributed by atoms with van der Waals surface area (Å²) >= 11 is 25.5. The van der Waals surface area contributed by atoms with E-state index in [1.54, 1.807) is 35.4 Å². The molecule has 0 spiro atoms. The number of ether oxygens (including phenoxy) is 1. The van der Waals surface area contributed by atoms with Crippen molar-refractivity contribution >= 4 is 86.4 Å². The lowest BCUT2D eigenvalue weighted by molar-refractivity contribution is 0.0231. The van der Waals surface area contributed by atoms with E-state index in [-0.39, 0.29) is 18.3 Å². The largest absolute Gasteiger partial charge is 0.465 e. The zero-order chi connectivity index (χ0) is 31.3. The summed E-state index contributed by atoms with van der Waals surface area (Å²) in [4.78, 5) is 33.1. The summed E-state index contributed by atoms with van der Waals surface area (Å²) in [7, 11) is 0. The van der Waals surface area contributed by atoms with Crippen molar-refractivity contribution in [2.75, 3.05) is 29.9 Å². The molecule has 43 heavy (non-hydrogen) atoms. The molecule has 2 aromatic carbocycles. The van der Waals surface area contributed by atoms with Gasteiger partial charge in [0.2, 0.25) is 0 Å². The Balaban J connectivity index is 0.000000215. The Bertz CT molecular complexity index is 1420. The summed E-state index contributed by atoms with van der Waals surface area (Å²) in [5.41, 5.74) is 1.16. The molecular weight excluding hydrogens is 656 g/mol. The van der Waals surface area contributed by atoms with E-state index in [4.69, 9.17) is 56.2 Å². The van der Waals surface area contributed by atoms with E-state index in [2.05, 4.69) is 10.3 Å². The first kappa shape index (κ1) is 33.3. The van der Waals surface area contributed by atoms with Gasteiger partial charge in [0, 0.05) is 48.6 Å². The minimum Gasteiger partial charge on any atom is -0.465 e. The van der Waals surface area contributed by atoms with Crippen molar-refractivity contribution in [2.45, 2.75) is 57.8 Å². The predicted molar refractivity (Wildman–Crippen MR) is 175 cm³/mol. The van der Waals surface area contributed by atoms with Crippen LogP contribution in [0.15, 0.2) is 48.0 Å². The van der Waals surface area contributed by atoms with Gasteiger partial charge in [0.15, 0.2) is 5.13 Å². The van der Waals surface area contributed by atoms with Gasteiger partial charge in [-0.15, -0.1) is 11.3 Å². The first-order chi connectivity index (χ1) is 20.3. The van der Waals surface area contributed by atoms with E-state index < -0.39 is 11.7 Å². The molecule has 0 unspecified atom stereocenters. The number of hydrogen-bond acceptors (Lipinski definition) is 7. The summed E-state index contributed by atoms with van der Waals surface area (Å²) in [6.07, 6.45) is 2.88. The van der Waals surface area contributed by atoms with Crippen LogP contribution in [-0.2, 0) is 4.74 Å². The van der Waals surface area contributed by atoms with Crippen LogP contribution in [0.3, 0.4) is 0 Å². The van der Waals surface area contributed by atoms with E-state index in [1.165, 1.54) is 16.2 Å². The number of thiazole rings is 1. The second kappa shape index (κ2) is 14.4. The van der Waals surface area contributed by atoms with Gasteiger partial charge in [-0.25, -0.2) is 14.6 Å². The number of likely N-dealkylation sites (tertiary alicyclic amines) is 2. The maximum absolute atomic E-state index is 12.7. The Morgan fingerprint density at radius 3 is 2.30 bits per heavy atom. The predicted octanol–water partition coefficient (Wildman–Crippen LogP) is 9.10. The first-order valence-electron chi connectivity index (χ1n) is 13.6. The highest BCUT2D eigenvalue weighted by molar-refractivity contribution is 7.13. The Morgan fingerprint density at radius 2 is 1.72 bits per heavy atom. The molecule has 2 amide bonds. The van der Waals surface area contributed by atoms with Crippen molar-refractivity contribution in [3.05, 3.63) is 68.1 Å². The highest BCUT2D eigenvalue weighted by Crippen LogP contribution is 2.38. The summed E-state index contributed by atoms with van der Waals surface area (Å²) in [6, 6.07) is 10.9. The van der Waals surface area contributed by atoms with Crippen LogP contribution in [0, 0.1) is 0 Å². The summed E-state index contributed by atoms with van der Waals surface area (Å²) in [5, 5.41) is 16.7. The van der Waals surface area contributed by atoms with Crippen molar-refractivity contribution in [3.63, 3.8) is 0 Å². The molecule has 2 aliphatic heterocycles. The average Bonchev–Trinajstić information content (AvgIpc) is 3.71. The minimum absolute atomic E-state index is 0.128. The van der Waals surface area contributed by atoms with Crippen LogP contribution in [0.25, 0.3) is 0 Å². The molecule has 14 heteroatoms. The summed E-state index contributed by atoms with van der Waals surface area (Å²) in [6.45, 7) is 7.31. The van der Waals surface area contributed by atoms with Gasteiger partial charge in [-0.2, -0.15) is 0 Å². The molecule has 2 atom stereocenters. The van der Waals surface area contributed by atoms with E-state index in [1.807, 2.05) is 43.2 Å². The number of halogens is 4. The number of nitrogens with one attached hydrogen (secondary N) is 1. The van der Waals surface area contributed by atoms with Crippen LogP contribution in [0.5, 0.6) is 0 Å². The summed E-state index contributed by atoms with van der Waals surface area (Å²) < 4.78 is 5.59. The van der Waals surface area contributed by atoms with E-state index in [0.29, 0.717) is 39.7 Å². The fraction of sp³-hybridized carbons (Fsp3) is 0.414. The van der Waals surface area contributed by atoms with Crippen molar-refractivity contribution in [1.29, 1.82) is 0 Å². The third-order valence-electron chi connectivity index (χ3n) is 6.70. The van der Waals surface area contributed by atoms with E-state index in [0.717, 1.165) is 35.8 Å². The molecule has 232 valence electrons. The van der Waals surface area contributed by atoms with Gasteiger partial charge in [0.25, 0.3) is 0 Å². The van der Waals surface area contributed by atoms with Crippen LogP contribution in [0.2, 0.25) is 20.1 Å². The van der Waals surface area contributed by atoms with Crippen LogP contribution < -0.4 is 10.2 Å². The molecule has 2 N–H and O–H groups in total. The van der Waals surface area contributed by atoms with Gasteiger partial charge in [0.05, 0.1) is 20.1 Å². The van der Waals surface area contributed by atoms with Crippen LogP contribution >= 0.6 is 57.7 Å². The number of hydrogen-bond donors (Lipinski definition) is 2. The lowest BCUT2D eigenvalue weighted by atomic mass is 10.2. The lowest BCUT2D eigenvalue weighted by Crippen LogP contribution is -2.47. The van der Waals surface area contributed by atoms with Gasteiger partial charge in [-0.05, 0) is 76.4 Å². The monoisotopic (exact) mass is 687 g/mol. The number of amides is 2. The molecule has 3 aromatic rings. The molecule has 0 aliphatic carbocycles. The van der Waals surface area contributed by atoms with E-state index in [9.17, 15) is 9.59 Å². The fourth-order valence-corrected chi connectivity index (χ4v) is 6.10. The van der Waals surface area contributed by atoms with Crippen LogP contribution in [-0.4, -0.2) is 69.5 Å². The van der Waals surface area contributed by atoms with Gasteiger partial charge in [-0.1, -0.05) is 46.4 Å². The number of rotatable bonds is 5. The smallest absolute Gasteiger partial charge is 0.411 e. The number of carboxylic acid groups (broad SMARTS) is 1. The topological polar surface area (TPSA) is 98.2 Å². The molecule has 5 rings (SSSR count). The number of nitrogens with zero attached hydrogens (tertiary/aromatic N) is 4. The number of aromatic nitrogens is 1. The Labute approximate surface area is 275 Å².